The van der Waals surface area contributed by atoms with Crippen LogP contribution in [0, 0.1) is 0 Å². The summed E-state index contributed by atoms with van der Waals surface area (Å²) < 4.78 is 4.67. The molecule has 3 rings (SSSR count). The first-order valence-corrected chi connectivity index (χ1v) is 8.99. The zero-order valence-corrected chi connectivity index (χ0v) is 15.6. The standard InChI is InChI=1S/C23H22N2O3/c1-28-23(27)19-12-14-20(15-13-19)25-21(26)16-24-22(17-8-4-2-5-9-17)18-10-6-3-7-11-18/h2-15,22,24H,16H2,1H3,(H,25,26). The van der Waals surface area contributed by atoms with Gasteiger partial charge >= 0.3 is 5.97 Å². The number of methoxy groups -OCH3 is 1. The number of carbonyl (C=O) groups excluding carboxylic acids is 2. The highest BCUT2D eigenvalue weighted by Gasteiger charge is 2.15. The van der Waals surface area contributed by atoms with Gasteiger partial charge in [0.15, 0.2) is 0 Å². The number of ether oxygens (including phenoxy) is 1. The number of amides is 1. The minimum atomic E-state index is -0.409. The van der Waals surface area contributed by atoms with E-state index >= 15 is 0 Å². The fraction of sp³-hybridized carbons (Fsp3) is 0.130. The summed E-state index contributed by atoms with van der Waals surface area (Å²) in [6.45, 7) is 0.146. The largest absolute Gasteiger partial charge is 0.465 e. The molecule has 0 aliphatic carbocycles. The van der Waals surface area contributed by atoms with E-state index in [4.69, 9.17) is 0 Å². The molecule has 0 radical (unpaired) electrons. The summed E-state index contributed by atoms with van der Waals surface area (Å²) in [6.07, 6.45) is 0. The predicted molar refractivity (Wildman–Crippen MR) is 109 cm³/mol. The number of esters is 1. The highest BCUT2D eigenvalue weighted by atomic mass is 16.5. The second-order valence-electron chi connectivity index (χ2n) is 6.25. The zero-order chi connectivity index (χ0) is 19.8. The molecule has 0 spiro atoms. The lowest BCUT2D eigenvalue weighted by molar-refractivity contribution is -0.115. The minimum absolute atomic E-state index is 0.0881. The molecule has 0 aliphatic heterocycles. The summed E-state index contributed by atoms with van der Waals surface area (Å²) in [6, 6.07) is 26.5. The number of hydrogen-bond acceptors (Lipinski definition) is 4. The number of benzene rings is 3. The van der Waals surface area contributed by atoms with Crippen molar-refractivity contribution in [2.75, 3.05) is 19.0 Å². The number of anilines is 1. The molecule has 0 bridgehead atoms. The van der Waals surface area contributed by atoms with Crippen LogP contribution in [0.3, 0.4) is 0 Å². The second kappa shape index (κ2) is 9.48. The summed E-state index contributed by atoms with van der Waals surface area (Å²) in [5, 5.41) is 6.16. The molecule has 0 aliphatic rings. The average Bonchev–Trinajstić information content (AvgIpc) is 2.75. The van der Waals surface area contributed by atoms with Crippen molar-refractivity contribution in [1.29, 1.82) is 0 Å². The Morgan fingerprint density at radius 2 is 1.36 bits per heavy atom. The summed E-state index contributed by atoms with van der Waals surface area (Å²) >= 11 is 0. The van der Waals surface area contributed by atoms with Crippen molar-refractivity contribution in [2.24, 2.45) is 0 Å². The lowest BCUT2D eigenvalue weighted by Crippen LogP contribution is -2.31. The Morgan fingerprint density at radius 3 is 1.86 bits per heavy atom. The number of rotatable bonds is 7. The normalized spacial score (nSPS) is 10.5. The van der Waals surface area contributed by atoms with E-state index in [0.29, 0.717) is 11.3 Å². The molecule has 0 heterocycles. The summed E-state index contributed by atoms with van der Waals surface area (Å²) in [5.74, 6) is -0.573. The number of nitrogens with one attached hydrogen (secondary N) is 2. The van der Waals surface area contributed by atoms with E-state index in [0.717, 1.165) is 11.1 Å². The Bertz CT molecular complexity index is 870. The topological polar surface area (TPSA) is 67.4 Å². The van der Waals surface area contributed by atoms with Gasteiger partial charge in [0.25, 0.3) is 0 Å². The zero-order valence-electron chi connectivity index (χ0n) is 15.6. The molecule has 0 unspecified atom stereocenters. The van der Waals surface area contributed by atoms with Crippen molar-refractivity contribution in [2.45, 2.75) is 6.04 Å². The van der Waals surface area contributed by atoms with Gasteiger partial charge in [0.05, 0.1) is 25.3 Å². The van der Waals surface area contributed by atoms with E-state index in [2.05, 4.69) is 15.4 Å². The van der Waals surface area contributed by atoms with E-state index in [-0.39, 0.29) is 18.5 Å². The van der Waals surface area contributed by atoms with Crippen LogP contribution in [0.5, 0.6) is 0 Å². The van der Waals surface area contributed by atoms with E-state index in [1.54, 1.807) is 24.3 Å². The number of hydrogen-bond donors (Lipinski definition) is 2. The molecule has 3 aromatic rings. The maximum Gasteiger partial charge on any atom is 0.337 e. The Kier molecular flexibility index (Phi) is 6.54. The van der Waals surface area contributed by atoms with Crippen LogP contribution in [-0.4, -0.2) is 25.5 Å². The molecule has 3 aromatic carbocycles. The van der Waals surface area contributed by atoms with Crippen LogP contribution >= 0.6 is 0 Å². The Balaban J connectivity index is 1.65. The van der Waals surface area contributed by atoms with Crippen molar-refractivity contribution in [3.8, 4) is 0 Å². The molecule has 0 fully saturated rings. The highest BCUT2D eigenvalue weighted by molar-refractivity contribution is 5.94. The van der Waals surface area contributed by atoms with Crippen LogP contribution < -0.4 is 10.6 Å². The first-order valence-electron chi connectivity index (χ1n) is 8.99. The summed E-state index contributed by atoms with van der Waals surface area (Å²) in [5.41, 5.74) is 3.23. The molecule has 2 N–H and O–H groups in total. The van der Waals surface area contributed by atoms with E-state index < -0.39 is 5.97 Å². The summed E-state index contributed by atoms with van der Waals surface area (Å²) in [7, 11) is 1.33. The Labute approximate surface area is 164 Å². The van der Waals surface area contributed by atoms with Crippen LogP contribution in [0.15, 0.2) is 84.9 Å². The van der Waals surface area contributed by atoms with Crippen LogP contribution in [0.25, 0.3) is 0 Å². The third kappa shape index (κ3) is 5.05. The van der Waals surface area contributed by atoms with Gasteiger partial charge in [0.2, 0.25) is 5.91 Å². The van der Waals surface area contributed by atoms with Crippen LogP contribution in [0.2, 0.25) is 0 Å². The quantitative estimate of drug-likeness (QED) is 0.618. The first kappa shape index (κ1) is 19.3. The van der Waals surface area contributed by atoms with Gasteiger partial charge < -0.3 is 10.1 Å². The molecule has 0 aromatic heterocycles. The van der Waals surface area contributed by atoms with Gasteiger partial charge in [-0.15, -0.1) is 0 Å². The molecule has 1 amide bonds. The van der Waals surface area contributed by atoms with Crippen molar-refractivity contribution in [3.05, 3.63) is 102 Å². The summed E-state index contributed by atoms with van der Waals surface area (Å²) in [4.78, 5) is 23.9. The van der Waals surface area contributed by atoms with Crippen LogP contribution in [0.4, 0.5) is 5.69 Å². The fourth-order valence-electron chi connectivity index (χ4n) is 2.93. The van der Waals surface area contributed by atoms with Crippen LogP contribution in [0.1, 0.15) is 27.5 Å². The van der Waals surface area contributed by atoms with Crippen molar-refractivity contribution in [3.63, 3.8) is 0 Å². The first-order chi connectivity index (χ1) is 13.7. The molecule has 5 heteroatoms. The monoisotopic (exact) mass is 374 g/mol. The molecule has 0 atom stereocenters. The lowest BCUT2D eigenvalue weighted by atomic mass is 9.99. The van der Waals surface area contributed by atoms with Crippen molar-refractivity contribution >= 4 is 17.6 Å². The minimum Gasteiger partial charge on any atom is -0.465 e. The molecule has 5 nitrogen and oxygen atoms in total. The lowest BCUT2D eigenvalue weighted by Gasteiger charge is -2.19. The second-order valence-corrected chi connectivity index (χ2v) is 6.25. The maximum absolute atomic E-state index is 12.4. The molecular weight excluding hydrogens is 352 g/mol. The van der Waals surface area contributed by atoms with Gasteiger partial charge in [-0.2, -0.15) is 0 Å². The third-order valence-electron chi connectivity index (χ3n) is 4.32. The highest BCUT2D eigenvalue weighted by Crippen LogP contribution is 2.21. The maximum atomic E-state index is 12.4. The van der Waals surface area contributed by atoms with Crippen LogP contribution in [-0.2, 0) is 9.53 Å². The Morgan fingerprint density at radius 1 is 0.821 bits per heavy atom. The molecule has 142 valence electrons. The van der Waals surface area contributed by atoms with Gasteiger partial charge in [-0.3, -0.25) is 10.1 Å². The van der Waals surface area contributed by atoms with E-state index in [1.807, 2.05) is 60.7 Å². The molecule has 0 saturated heterocycles. The SMILES string of the molecule is COC(=O)c1ccc(NC(=O)CNC(c2ccccc2)c2ccccc2)cc1. The molecular formula is C23H22N2O3. The fourth-order valence-corrected chi connectivity index (χ4v) is 2.93. The smallest absolute Gasteiger partial charge is 0.337 e. The van der Waals surface area contributed by atoms with E-state index in [1.165, 1.54) is 7.11 Å². The van der Waals surface area contributed by atoms with E-state index in [9.17, 15) is 9.59 Å². The number of carbonyl (C=O) groups is 2. The Hall–Kier alpha value is -3.44. The molecule has 28 heavy (non-hydrogen) atoms. The molecule has 0 saturated carbocycles. The van der Waals surface area contributed by atoms with Crippen molar-refractivity contribution in [1.82, 2.24) is 5.32 Å². The van der Waals surface area contributed by atoms with Crippen molar-refractivity contribution < 1.29 is 14.3 Å². The van der Waals surface area contributed by atoms with Gasteiger partial charge in [0, 0.05) is 5.69 Å². The average molecular weight is 374 g/mol. The van der Waals surface area contributed by atoms with Gasteiger partial charge in [-0.1, -0.05) is 60.7 Å². The van der Waals surface area contributed by atoms with Gasteiger partial charge in [0.1, 0.15) is 0 Å². The van der Waals surface area contributed by atoms with Gasteiger partial charge in [-0.25, -0.2) is 4.79 Å². The predicted octanol–water partition coefficient (Wildman–Crippen LogP) is 3.79. The third-order valence-corrected chi connectivity index (χ3v) is 4.32. The van der Waals surface area contributed by atoms with Gasteiger partial charge in [-0.05, 0) is 35.4 Å².